The molecule has 0 saturated carbocycles. The van der Waals surface area contributed by atoms with Crippen molar-refractivity contribution in [2.45, 2.75) is 33.2 Å². The first-order valence-electron chi connectivity index (χ1n) is 6.26. The molecule has 1 aliphatic heterocycles. The molecule has 2 heteroatoms. The molecule has 15 heavy (non-hydrogen) atoms. The van der Waals surface area contributed by atoms with Crippen molar-refractivity contribution >= 4 is 0 Å². The second-order valence-electron chi connectivity index (χ2n) is 4.93. The van der Waals surface area contributed by atoms with E-state index in [0.29, 0.717) is 12.0 Å². The standard InChI is InChI=1S/C13H26N2/c1-5-13(11(3)4)15-8-7-12(10-15)9-14-6-2/h5,11-14H,1,6-10H2,2-4H3. The van der Waals surface area contributed by atoms with Crippen LogP contribution in [0.3, 0.4) is 0 Å². The highest BCUT2D eigenvalue weighted by molar-refractivity contribution is 4.93. The first kappa shape index (κ1) is 12.7. The number of rotatable bonds is 6. The fourth-order valence-electron chi connectivity index (χ4n) is 2.49. The summed E-state index contributed by atoms with van der Waals surface area (Å²) in [4.78, 5) is 2.58. The topological polar surface area (TPSA) is 15.3 Å². The van der Waals surface area contributed by atoms with Crippen molar-refractivity contribution in [3.63, 3.8) is 0 Å². The number of hydrogen-bond acceptors (Lipinski definition) is 2. The van der Waals surface area contributed by atoms with Gasteiger partial charge in [0, 0.05) is 12.6 Å². The van der Waals surface area contributed by atoms with Crippen molar-refractivity contribution in [3.8, 4) is 0 Å². The first-order valence-corrected chi connectivity index (χ1v) is 6.26. The van der Waals surface area contributed by atoms with E-state index in [1.54, 1.807) is 0 Å². The van der Waals surface area contributed by atoms with Gasteiger partial charge < -0.3 is 5.32 Å². The molecule has 2 nitrogen and oxygen atoms in total. The molecular weight excluding hydrogens is 184 g/mol. The van der Waals surface area contributed by atoms with Crippen LogP contribution in [0.25, 0.3) is 0 Å². The molecule has 1 fully saturated rings. The van der Waals surface area contributed by atoms with Crippen LogP contribution in [-0.4, -0.2) is 37.1 Å². The summed E-state index contributed by atoms with van der Waals surface area (Å²) in [6.45, 7) is 15.4. The van der Waals surface area contributed by atoms with Gasteiger partial charge in [0.15, 0.2) is 0 Å². The van der Waals surface area contributed by atoms with Crippen LogP contribution in [0, 0.1) is 11.8 Å². The van der Waals surface area contributed by atoms with E-state index in [-0.39, 0.29) is 0 Å². The Morgan fingerprint density at radius 3 is 2.80 bits per heavy atom. The second-order valence-corrected chi connectivity index (χ2v) is 4.93. The van der Waals surface area contributed by atoms with Gasteiger partial charge in [-0.2, -0.15) is 0 Å². The first-order chi connectivity index (χ1) is 7.19. The van der Waals surface area contributed by atoms with E-state index >= 15 is 0 Å². The third kappa shape index (κ3) is 3.62. The monoisotopic (exact) mass is 210 g/mol. The minimum atomic E-state index is 0.566. The van der Waals surface area contributed by atoms with Gasteiger partial charge in [0.05, 0.1) is 0 Å². The summed E-state index contributed by atoms with van der Waals surface area (Å²) in [5, 5.41) is 3.44. The van der Waals surface area contributed by atoms with E-state index in [4.69, 9.17) is 0 Å². The van der Waals surface area contributed by atoms with Crippen LogP contribution in [-0.2, 0) is 0 Å². The van der Waals surface area contributed by atoms with Crippen molar-refractivity contribution in [2.75, 3.05) is 26.2 Å². The van der Waals surface area contributed by atoms with Gasteiger partial charge in [-0.15, -0.1) is 6.58 Å². The largest absolute Gasteiger partial charge is 0.317 e. The molecule has 88 valence electrons. The van der Waals surface area contributed by atoms with Crippen molar-refractivity contribution in [3.05, 3.63) is 12.7 Å². The van der Waals surface area contributed by atoms with E-state index in [1.807, 2.05) is 0 Å². The summed E-state index contributed by atoms with van der Waals surface area (Å²) < 4.78 is 0. The fraction of sp³-hybridized carbons (Fsp3) is 0.846. The third-order valence-electron chi connectivity index (χ3n) is 3.35. The number of hydrogen-bond donors (Lipinski definition) is 1. The highest BCUT2D eigenvalue weighted by atomic mass is 15.2. The Morgan fingerprint density at radius 2 is 2.27 bits per heavy atom. The van der Waals surface area contributed by atoms with Crippen molar-refractivity contribution in [1.29, 1.82) is 0 Å². The Morgan fingerprint density at radius 1 is 1.53 bits per heavy atom. The summed E-state index contributed by atoms with van der Waals surface area (Å²) in [5.74, 6) is 1.52. The zero-order chi connectivity index (χ0) is 11.3. The lowest BCUT2D eigenvalue weighted by molar-refractivity contribution is 0.225. The minimum absolute atomic E-state index is 0.566. The zero-order valence-electron chi connectivity index (χ0n) is 10.5. The molecule has 1 heterocycles. The molecular formula is C13H26N2. The minimum Gasteiger partial charge on any atom is -0.317 e. The van der Waals surface area contributed by atoms with Crippen LogP contribution in [0.1, 0.15) is 27.2 Å². The molecule has 0 bridgehead atoms. The van der Waals surface area contributed by atoms with Gasteiger partial charge >= 0.3 is 0 Å². The van der Waals surface area contributed by atoms with E-state index in [1.165, 1.54) is 26.1 Å². The average molecular weight is 210 g/mol. The molecule has 0 amide bonds. The van der Waals surface area contributed by atoms with Crippen LogP contribution in [0.2, 0.25) is 0 Å². The molecule has 1 aliphatic rings. The van der Waals surface area contributed by atoms with Crippen molar-refractivity contribution in [2.24, 2.45) is 11.8 Å². The molecule has 0 aliphatic carbocycles. The summed E-state index contributed by atoms with van der Waals surface area (Å²) in [7, 11) is 0. The molecule has 1 N–H and O–H groups in total. The lowest BCUT2D eigenvalue weighted by atomic mass is 10.0. The molecule has 1 saturated heterocycles. The maximum absolute atomic E-state index is 3.96. The van der Waals surface area contributed by atoms with Crippen LogP contribution in [0.15, 0.2) is 12.7 Å². The van der Waals surface area contributed by atoms with Gasteiger partial charge in [-0.25, -0.2) is 0 Å². The summed E-state index contributed by atoms with van der Waals surface area (Å²) in [6.07, 6.45) is 3.45. The normalized spacial score (nSPS) is 24.7. The summed E-state index contributed by atoms with van der Waals surface area (Å²) in [5.41, 5.74) is 0. The van der Waals surface area contributed by atoms with Crippen LogP contribution in [0.4, 0.5) is 0 Å². The number of likely N-dealkylation sites (tertiary alicyclic amines) is 1. The quantitative estimate of drug-likeness (QED) is 0.676. The molecule has 0 spiro atoms. The molecule has 0 radical (unpaired) electrons. The predicted molar refractivity (Wildman–Crippen MR) is 67.0 cm³/mol. The van der Waals surface area contributed by atoms with Crippen LogP contribution in [0.5, 0.6) is 0 Å². The van der Waals surface area contributed by atoms with Gasteiger partial charge in [0.1, 0.15) is 0 Å². The number of nitrogens with zero attached hydrogens (tertiary/aromatic N) is 1. The van der Waals surface area contributed by atoms with Gasteiger partial charge in [-0.05, 0) is 37.9 Å². The lowest BCUT2D eigenvalue weighted by Crippen LogP contribution is -2.36. The molecule has 0 aromatic heterocycles. The Bertz CT molecular complexity index is 189. The van der Waals surface area contributed by atoms with Gasteiger partial charge in [0.2, 0.25) is 0 Å². The second kappa shape index (κ2) is 6.29. The summed E-state index contributed by atoms with van der Waals surface area (Å²) >= 11 is 0. The smallest absolute Gasteiger partial charge is 0.0298 e. The van der Waals surface area contributed by atoms with Gasteiger partial charge in [-0.3, -0.25) is 4.90 Å². The van der Waals surface area contributed by atoms with E-state index in [0.717, 1.165) is 12.5 Å². The highest BCUT2D eigenvalue weighted by Gasteiger charge is 2.27. The molecule has 2 unspecified atom stereocenters. The lowest BCUT2D eigenvalue weighted by Gasteiger charge is -2.28. The maximum Gasteiger partial charge on any atom is 0.0298 e. The molecule has 0 aromatic carbocycles. The molecule has 0 aromatic rings. The van der Waals surface area contributed by atoms with E-state index in [9.17, 15) is 0 Å². The van der Waals surface area contributed by atoms with E-state index in [2.05, 4.69) is 43.6 Å². The van der Waals surface area contributed by atoms with Crippen molar-refractivity contribution < 1.29 is 0 Å². The van der Waals surface area contributed by atoms with Gasteiger partial charge in [-0.1, -0.05) is 26.8 Å². The molecule has 1 rings (SSSR count). The van der Waals surface area contributed by atoms with E-state index < -0.39 is 0 Å². The predicted octanol–water partition coefficient (Wildman–Crippen LogP) is 2.13. The Kier molecular flexibility index (Phi) is 5.34. The van der Waals surface area contributed by atoms with Gasteiger partial charge in [0.25, 0.3) is 0 Å². The third-order valence-corrected chi connectivity index (χ3v) is 3.35. The molecule has 2 atom stereocenters. The maximum atomic E-state index is 3.96. The SMILES string of the molecule is C=CC(C(C)C)N1CCC(CNCC)C1. The zero-order valence-corrected chi connectivity index (χ0v) is 10.5. The highest BCUT2D eigenvalue weighted by Crippen LogP contribution is 2.22. The Hall–Kier alpha value is -0.340. The van der Waals surface area contributed by atoms with Crippen molar-refractivity contribution in [1.82, 2.24) is 10.2 Å². The number of nitrogens with one attached hydrogen (secondary N) is 1. The Balaban J connectivity index is 2.37. The van der Waals surface area contributed by atoms with Crippen LogP contribution >= 0.6 is 0 Å². The summed E-state index contributed by atoms with van der Waals surface area (Å²) in [6, 6.07) is 0.566. The van der Waals surface area contributed by atoms with Crippen LogP contribution < -0.4 is 5.32 Å². The Labute approximate surface area is 94.7 Å². The fourth-order valence-corrected chi connectivity index (χ4v) is 2.49. The average Bonchev–Trinajstić information content (AvgIpc) is 2.64.